The second-order valence-electron chi connectivity index (χ2n) is 2.87. The molecule has 0 saturated carbocycles. The van der Waals surface area contributed by atoms with Gasteiger partial charge in [-0.1, -0.05) is 6.08 Å². The van der Waals surface area contributed by atoms with Gasteiger partial charge in [0.2, 0.25) is 0 Å². The lowest BCUT2D eigenvalue weighted by molar-refractivity contribution is 0.00274. The van der Waals surface area contributed by atoms with Crippen LogP contribution in [0.3, 0.4) is 0 Å². The predicted molar refractivity (Wildman–Crippen MR) is 54.2 cm³/mol. The molecule has 2 N–H and O–H groups in total. The SMILES string of the molecule is C=CCC(CCOCCO)OCCO. The van der Waals surface area contributed by atoms with E-state index < -0.39 is 0 Å². The van der Waals surface area contributed by atoms with E-state index in [1.54, 1.807) is 6.08 Å². The fourth-order valence-electron chi connectivity index (χ4n) is 1.06. The highest BCUT2D eigenvalue weighted by Crippen LogP contribution is 2.04. The normalized spacial score (nSPS) is 12.7. The highest BCUT2D eigenvalue weighted by atomic mass is 16.5. The summed E-state index contributed by atoms with van der Waals surface area (Å²) in [5.74, 6) is 0. The second-order valence-corrected chi connectivity index (χ2v) is 2.87. The van der Waals surface area contributed by atoms with E-state index in [1.165, 1.54) is 0 Å². The maximum atomic E-state index is 8.58. The molecule has 0 bridgehead atoms. The van der Waals surface area contributed by atoms with Gasteiger partial charge in [-0.2, -0.15) is 0 Å². The van der Waals surface area contributed by atoms with Gasteiger partial charge < -0.3 is 19.7 Å². The molecule has 0 aromatic carbocycles. The quantitative estimate of drug-likeness (QED) is 0.398. The van der Waals surface area contributed by atoms with E-state index in [2.05, 4.69) is 6.58 Å². The first kappa shape index (κ1) is 13.6. The van der Waals surface area contributed by atoms with Gasteiger partial charge in [-0.25, -0.2) is 0 Å². The number of aliphatic hydroxyl groups is 2. The van der Waals surface area contributed by atoms with Crippen LogP contribution in [0.25, 0.3) is 0 Å². The van der Waals surface area contributed by atoms with Gasteiger partial charge in [-0.15, -0.1) is 6.58 Å². The van der Waals surface area contributed by atoms with Gasteiger partial charge in [-0.05, 0) is 12.8 Å². The molecule has 0 spiro atoms. The molecule has 14 heavy (non-hydrogen) atoms. The minimum atomic E-state index is 0.0329. The summed E-state index contributed by atoms with van der Waals surface area (Å²) in [6.45, 7) is 4.98. The van der Waals surface area contributed by atoms with Gasteiger partial charge in [0.15, 0.2) is 0 Å². The van der Waals surface area contributed by atoms with E-state index in [9.17, 15) is 0 Å². The maximum absolute atomic E-state index is 8.58. The van der Waals surface area contributed by atoms with Crippen molar-refractivity contribution in [1.82, 2.24) is 0 Å². The van der Waals surface area contributed by atoms with E-state index in [-0.39, 0.29) is 19.3 Å². The van der Waals surface area contributed by atoms with E-state index in [0.29, 0.717) is 19.8 Å². The zero-order chi connectivity index (χ0) is 10.6. The Balaban J connectivity index is 3.45. The van der Waals surface area contributed by atoms with Crippen LogP contribution in [-0.4, -0.2) is 49.4 Å². The van der Waals surface area contributed by atoms with Crippen molar-refractivity contribution in [2.75, 3.05) is 33.0 Å². The summed E-state index contributed by atoms with van der Waals surface area (Å²) >= 11 is 0. The monoisotopic (exact) mass is 204 g/mol. The first-order valence-corrected chi connectivity index (χ1v) is 4.87. The topological polar surface area (TPSA) is 58.9 Å². The molecule has 0 aliphatic carbocycles. The minimum Gasteiger partial charge on any atom is -0.394 e. The van der Waals surface area contributed by atoms with Gasteiger partial charge in [0.1, 0.15) is 0 Å². The molecular weight excluding hydrogens is 184 g/mol. The molecule has 0 fully saturated rings. The first-order valence-electron chi connectivity index (χ1n) is 4.87. The maximum Gasteiger partial charge on any atom is 0.0701 e. The number of rotatable bonds is 10. The molecule has 4 nitrogen and oxygen atoms in total. The van der Waals surface area contributed by atoms with Crippen LogP contribution in [0.1, 0.15) is 12.8 Å². The summed E-state index contributed by atoms with van der Waals surface area (Å²) < 4.78 is 10.5. The van der Waals surface area contributed by atoms with Crippen molar-refractivity contribution in [1.29, 1.82) is 0 Å². The highest BCUT2D eigenvalue weighted by Gasteiger charge is 2.06. The summed E-state index contributed by atoms with van der Waals surface area (Å²) in [5.41, 5.74) is 0. The standard InChI is InChI=1S/C10H20O4/c1-2-3-10(14-9-6-12)4-7-13-8-5-11/h2,10-12H,1,3-9H2. The molecule has 0 rings (SSSR count). The summed E-state index contributed by atoms with van der Waals surface area (Å²) in [4.78, 5) is 0. The molecule has 0 aliphatic heterocycles. The fourth-order valence-corrected chi connectivity index (χ4v) is 1.06. The van der Waals surface area contributed by atoms with Crippen molar-refractivity contribution in [3.63, 3.8) is 0 Å². The van der Waals surface area contributed by atoms with Crippen LogP contribution in [0, 0.1) is 0 Å². The van der Waals surface area contributed by atoms with Crippen LogP contribution in [0.4, 0.5) is 0 Å². The molecule has 1 atom stereocenters. The van der Waals surface area contributed by atoms with Crippen LogP contribution in [0.5, 0.6) is 0 Å². The molecule has 0 heterocycles. The Hall–Kier alpha value is -0.420. The Labute approximate surface area is 85.1 Å². The Bertz CT molecular complexity index is 127. The summed E-state index contributed by atoms with van der Waals surface area (Å²) in [5, 5.41) is 17.0. The first-order chi connectivity index (χ1) is 6.85. The van der Waals surface area contributed by atoms with Crippen LogP contribution in [0.15, 0.2) is 12.7 Å². The van der Waals surface area contributed by atoms with Gasteiger partial charge in [0.05, 0.1) is 32.5 Å². The Morgan fingerprint density at radius 3 is 2.43 bits per heavy atom. The summed E-state index contributed by atoms with van der Waals surface area (Å²) in [7, 11) is 0. The number of ether oxygens (including phenoxy) is 2. The molecule has 0 saturated heterocycles. The largest absolute Gasteiger partial charge is 0.394 e. The number of aliphatic hydroxyl groups excluding tert-OH is 2. The van der Waals surface area contributed by atoms with E-state index in [1.807, 2.05) is 0 Å². The molecule has 1 unspecified atom stereocenters. The van der Waals surface area contributed by atoms with Crippen molar-refractivity contribution < 1.29 is 19.7 Å². The lowest BCUT2D eigenvalue weighted by Gasteiger charge is -2.15. The van der Waals surface area contributed by atoms with Gasteiger partial charge in [0.25, 0.3) is 0 Å². The zero-order valence-electron chi connectivity index (χ0n) is 8.52. The van der Waals surface area contributed by atoms with Gasteiger partial charge in [-0.3, -0.25) is 0 Å². The van der Waals surface area contributed by atoms with E-state index in [0.717, 1.165) is 12.8 Å². The number of hydrogen-bond donors (Lipinski definition) is 2. The average Bonchev–Trinajstić information content (AvgIpc) is 2.20. The molecular formula is C10H20O4. The third-order valence-electron chi connectivity index (χ3n) is 1.69. The van der Waals surface area contributed by atoms with Crippen LogP contribution in [0.2, 0.25) is 0 Å². The minimum absolute atomic E-state index is 0.0329. The van der Waals surface area contributed by atoms with Crippen molar-refractivity contribution in [3.8, 4) is 0 Å². The summed E-state index contributed by atoms with van der Waals surface area (Å²) in [6.07, 6.45) is 3.35. The predicted octanol–water partition coefficient (Wildman–Crippen LogP) is 0.339. The van der Waals surface area contributed by atoms with E-state index in [4.69, 9.17) is 19.7 Å². The third-order valence-corrected chi connectivity index (χ3v) is 1.69. The van der Waals surface area contributed by atoms with Crippen molar-refractivity contribution in [2.24, 2.45) is 0 Å². The smallest absolute Gasteiger partial charge is 0.0701 e. The highest BCUT2D eigenvalue weighted by molar-refractivity contribution is 4.73. The lowest BCUT2D eigenvalue weighted by atomic mass is 10.2. The van der Waals surface area contributed by atoms with Crippen molar-refractivity contribution in [2.45, 2.75) is 18.9 Å². The second kappa shape index (κ2) is 10.7. The average molecular weight is 204 g/mol. The van der Waals surface area contributed by atoms with Crippen molar-refractivity contribution in [3.05, 3.63) is 12.7 Å². The Morgan fingerprint density at radius 1 is 1.14 bits per heavy atom. The van der Waals surface area contributed by atoms with Crippen LogP contribution in [-0.2, 0) is 9.47 Å². The van der Waals surface area contributed by atoms with Crippen LogP contribution < -0.4 is 0 Å². The molecule has 0 amide bonds. The van der Waals surface area contributed by atoms with E-state index >= 15 is 0 Å². The molecule has 0 aliphatic rings. The molecule has 0 radical (unpaired) electrons. The molecule has 0 aromatic heterocycles. The van der Waals surface area contributed by atoms with Gasteiger partial charge >= 0.3 is 0 Å². The van der Waals surface area contributed by atoms with Gasteiger partial charge in [0, 0.05) is 6.61 Å². The lowest BCUT2D eigenvalue weighted by Crippen LogP contribution is -2.17. The Morgan fingerprint density at radius 2 is 1.86 bits per heavy atom. The van der Waals surface area contributed by atoms with Crippen molar-refractivity contribution >= 4 is 0 Å². The summed E-state index contributed by atoms with van der Waals surface area (Å²) in [6, 6.07) is 0. The molecule has 84 valence electrons. The third kappa shape index (κ3) is 8.19. The fraction of sp³-hybridized carbons (Fsp3) is 0.800. The molecule has 0 aromatic rings. The molecule has 4 heteroatoms. The Kier molecular flexibility index (Phi) is 10.3. The zero-order valence-corrected chi connectivity index (χ0v) is 8.52. The van der Waals surface area contributed by atoms with Crippen LogP contribution >= 0.6 is 0 Å². The number of hydrogen-bond acceptors (Lipinski definition) is 4.